The number of nitrogens with zero attached hydrogens (tertiary/aromatic N) is 1. The fourth-order valence-corrected chi connectivity index (χ4v) is 6.38. The van der Waals surface area contributed by atoms with Crippen LogP contribution in [0.4, 0.5) is 17.1 Å². The molecular weight excluding hydrogens is 530 g/mol. The highest BCUT2D eigenvalue weighted by Gasteiger charge is 2.35. The minimum absolute atomic E-state index is 0.0998. The molecule has 0 spiro atoms. The summed E-state index contributed by atoms with van der Waals surface area (Å²) in [5.41, 5.74) is 13.1. The molecule has 44 heavy (non-hydrogen) atoms. The van der Waals surface area contributed by atoms with Gasteiger partial charge in [-0.1, -0.05) is 142 Å². The van der Waals surface area contributed by atoms with E-state index in [1.807, 2.05) is 24.3 Å². The van der Waals surface area contributed by atoms with Crippen LogP contribution in [0.15, 0.2) is 153 Å². The second-order valence-electron chi connectivity index (χ2n) is 11.7. The Morgan fingerprint density at radius 1 is 0.523 bits per heavy atom. The first-order valence-corrected chi connectivity index (χ1v) is 14.8. The Labute approximate surface area is 269 Å². The highest BCUT2D eigenvalue weighted by atomic mass is 15.1. The number of hydrogen-bond donors (Lipinski definition) is 0. The monoisotopic (exact) mass is 571 g/mol. The molecule has 0 unspecified atom stereocenters. The Balaban J connectivity index is 1.27. The fraction of sp³-hybridized carbons (Fsp3) is 0.0698. The van der Waals surface area contributed by atoms with Crippen LogP contribution in [0.3, 0.4) is 0 Å². The Morgan fingerprint density at radius 2 is 0.955 bits per heavy atom. The Morgan fingerprint density at radius 3 is 1.45 bits per heavy atom. The number of fused-ring (bicyclic) bond motifs is 3. The lowest BCUT2D eigenvalue weighted by molar-refractivity contribution is 0.660. The Hall–Kier alpha value is -5.40. The van der Waals surface area contributed by atoms with Crippen molar-refractivity contribution >= 4 is 29.2 Å². The van der Waals surface area contributed by atoms with Gasteiger partial charge in [-0.15, -0.1) is 0 Å². The summed E-state index contributed by atoms with van der Waals surface area (Å²) in [6.45, 7) is 3.56. The Bertz CT molecular complexity index is 2150. The van der Waals surface area contributed by atoms with Crippen LogP contribution in [0.2, 0.25) is 0 Å². The molecule has 7 rings (SSSR count). The van der Waals surface area contributed by atoms with Gasteiger partial charge in [0.2, 0.25) is 0 Å². The quantitative estimate of drug-likeness (QED) is 0.184. The van der Waals surface area contributed by atoms with E-state index in [1.54, 1.807) is 24.3 Å². The summed E-state index contributed by atoms with van der Waals surface area (Å²) in [6.07, 6.45) is 0. The molecule has 0 aromatic heterocycles. The summed E-state index contributed by atoms with van der Waals surface area (Å²) in [5, 5.41) is 0. The van der Waals surface area contributed by atoms with E-state index in [0.717, 1.165) is 39.3 Å². The van der Waals surface area contributed by atoms with Gasteiger partial charge >= 0.3 is 0 Å². The average Bonchev–Trinajstić information content (AvgIpc) is 3.37. The molecule has 1 nitrogen and oxygen atoms in total. The highest BCUT2D eigenvalue weighted by molar-refractivity contribution is 5.86. The molecule has 212 valence electrons. The SMILES string of the molecule is [2H]C([2H])=C([2H])c1ccc(-c2ccc(N(c3ccc(-c4ccc(C([2H])=C([2H])[2H])cc4)cc3)c3ccc4c(c3)C(C)(C)c3ccccc3-4)cc2)cc1. The van der Waals surface area contributed by atoms with Crippen molar-refractivity contribution < 1.29 is 8.22 Å². The second kappa shape index (κ2) is 11.0. The molecule has 0 aliphatic heterocycles. The van der Waals surface area contributed by atoms with E-state index in [2.05, 4.69) is 110 Å². The lowest BCUT2D eigenvalue weighted by Gasteiger charge is -2.28. The van der Waals surface area contributed by atoms with Crippen LogP contribution >= 0.6 is 0 Å². The van der Waals surface area contributed by atoms with Crippen LogP contribution in [-0.2, 0) is 5.41 Å². The van der Waals surface area contributed by atoms with E-state index in [4.69, 9.17) is 8.22 Å². The molecule has 0 bridgehead atoms. The van der Waals surface area contributed by atoms with Gasteiger partial charge < -0.3 is 4.90 Å². The third-order valence-corrected chi connectivity index (χ3v) is 8.80. The van der Waals surface area contributed by atoms with Crippen molar-refractivity contribution in [3.05, 3.63) is 175 Å². The summed E-state index contributed by atoms with van der Waals surface area (Å²) < 4.78 is 45.8. The van der Waals surface area contributed by atoms with Gasteiger partial charge in [-0.25, -0.2) is 0 Å². The molecule has 0 radical (unpaired) electrons. The fourth-order valence-electron chi connectivity index (χ4n) is 6.38. The van der Waals surface area contributed by atoms with Crippen molar-refractivity contribution in [2.24, 2.45) is 0 Å². The van der Waals surface area contributed by atoms with Crippen molar-refractivity contribution in [3.63, 3.8) is 0 Å². The highest BCUT2D eigenvalue weighted by Crippen LogP contribution is 2.50. The van der Waals surface area contributed by atoms with E-state index < -0.39 is 13.1 Å². The zero-order chi connectivity index (χ0) is 35.2. The predicted molar refractivity (Wildman–Crippen MR) is 190 cm³/mol. The van der Waals surface area contributed by atoms with Gasteiger partial charge in [0.15, 0.2) is 0 Å². The van der Waals surface area contributed by atoms with E-state index in [-0.39, 0.29) is 17.5 Å². The standard InChI is InChI=1S/C43H35N/c1-5-30-11-15-32(16-12-30)34-19-23-36(24-20-34)44(37-25-21-35(22-26-37)33-17-13-31(6-2)14-18-33)38-27-28-40-39-9-7-8-10-41(39)43(3,4)42(40)29-38/h5-29H,1-2H2,3-4H3/i1D2,2D2,5D,6D. The van der Waals surface area contributed by atoms with E-state index >= 15 is 0 Å². The zero-order valence-electron chi connectivity index (χ0n) is 30.7. The summed E-state index contributed by atoms with van der Waals surface area (Å²) >= 11 is 0. The molecule has 1 aliphatic rings. The number of rotatable bonds is 7. The molecule has 0 fully saturated rings. The van der Waals surface area contributed by atoms with Crippen LogP contribution in [0.5, 0.6) is 0 Å². The summed E-state index contributed by atoms with van der Waals surface area (Å²) in [5.74, 6) is 0. The van der Waals surface area contributed by atoms with Gasteiger partial charge in [0.1, 0.15) is 0 Å². The lowest BCUT2D eigenvalue weighted by Crippen LogP contribution is -2.16. The lowest BCUT2D eigenvalue weighted by atomic mass is 9.82. The smallest absolute Gasteiger partial charge is 0.0623 e. The normalized spacial score (nSPS) is 14.4. The van der Waals surface area contributed by atoms with E-state index in [0.29, 0.717) is 11.1 Å². The first kappa shape index (κ1) is 21.3. The Kier molecular flexibility index (Phi) is 5.34. The molecule has 0 heterocycles. The third-order valence-electron chi connectivity index (χ3n) is 8.80. The predicted octanol–water partition coefficient (Wildman–Crippen LogP) is 12.1. The van der Waals surface area contributed by atoms with Crippen LogP contribution in [0.25, 0.3) is 45.5 Å². The largest absolute Gasteiger partial charge is 0.310 e. The van der Waals surface area contributed by atoms with Gasteiger partial charge in [0.05, 0.1) is 8.22 Å². The van der Waals surface area contributed by atoms with Crippen molar-refractivity contribution in [3.8, 4) is 33.4 Å². The van der Waals surface area contributed by atoms with E-state index in [1.165, 1.54) is 22.3 Å². The maximum atomic E-state index is 7.97. The van der Waals surface area contributed by atoms with Crippen LogP contribution in [0, 0.1) is 0 Å². The molecule has 0 atom stereocenters. The molecule has 0 N–H and O–H groups in total. The van der Waals surface area contributed by atoms with Crippen molar-refractivity contribution in [1.82, 2.24) is 0 Å². The zero-order valence-corrected chi connectivity index (χ0v) is 24.7. The minimum Gasteiger partial charge on any atom is -0.310 e. The number of hydrogen-bond acceptors (Lipinski definition) is 1. The summed E-state index contributed by atoms with van der Waals surface area (Å²) in [4.78, 5) is 2.27. The number of anilines is 3. The second-order valence-corrected chi connectivity index (χ2v) is 11.7. The van der Waals surface area contributed by atoms with Crippen molar-refractivity contribution in [2.45, 2.75) is 19.3 Å². The maximum Gasteiger partial charge on any atom is 0.0623 e. The first-order valence-electron chi connectivity index (χ1n) is 17.8. The van der Waals surface area contributed by atoms with Gasteiger partial charge in [-0.05, 0) is 92.0 Å². The van der Waals surface area contributed by atoms with Crippen molar-refractivity contribution in [2.75, 3.05) is 4.90 Å². The average molecular weight is 572 g/mol. The third kappa shape index (κ3) is 4.77. The molecule has 0 saturated heterocycles. The van der Waals surface area contributed by atoms with Crippen LogP contribution in [-0.4, -0.2) is 0 Å². The minimum atomic E-state index is -0.504. The van der Waals surface area contributed by atoms with Crippen molar-refractivity contribution in [1.29, 1.82) is 0 Å². The molecule has 6 aromatic rings. The summed E-state index contributed by atoms with van der Waals surface area (Å²) in [6, 6.07) is 46.8. The maximum absolute atomic E-state index is 7.97. The van der Waals surface area contributed by atoms with Crippen LogP contribution < -0.4 is 4.90 Å². The van der Waals surface area contributed by atoms with Gasteiger partial charge in [0, 0.05) is 22.5 Å². The molecule has 0 amide bonds. The first-order chi connectivity index (χ1) is 24.0. The van der Waals surface area contributed by atoms with E-state index in [9.17, 15) is 0 Å². The summed E-state index contributed by atoms with van der Waals surface area (Å²) in [7, 11) is 0. The van der Waals surface area contributed by atoms with Crippen LogP contribution in [0.1, 0.15) is 44.3 Å². The van der Waals surface area contributed by atoms with Gasteiger partial charge in [0.25, 0.3) is 0 Å². The van der Waals surface area contributed by atoms with Gasteiger partial charge in [-0.2, -0.15) is 0 Å². The number of benzene rings is 6. The molecular formula is C43H35N. The molecule has 1 aliphatic carbocycles. The molecule has 1 heteroatoms. The molecule has 0 saturated carbocycles. The van der Waals surface area contributed by atoms with Gasteiger partial charge in [-0.3, -0.25) is 0 Å². The molecule has 6 aromatic carbocycles. The topological polar surface area (TPSA) is 3.24 Å².